The van der Waals surface area contributed by atoms with Crippen LogP contribution >= 0.6 is 0 Å². The van der Waals surface area contributed by atoms with Crippen LogP contribution in [-0.4, -0.2) is 78.1 Å². The molecule has 3 rings (SSSR count). The Hall–Kier alpha value is -1.43. The molecule has 132 valence electrons. The van der Waals surface area contributed by atoms with Crippen molar-refractivity contribution < 1.29 is 9.90 Å². The SMILES string of the molecule is CC1CCN(C(=O)c2cccc(CN3CCN(C)CC3)c2)CC1O. The van der Waals surface area contributed by atoms with E-state index in [4.69, 9.17) is 0 Å². The summed E-state index contributed by atoms with van der Waals surface area (Å²) in [5.74, 6) is 0.318. The molecule has 2 aliphatic rings. The lowest BCUT2D eigenvalue weighted by Gasteiger charge is -2.34. The second-order valence-corrected chi connectivity index (χ2v) is 7.36. The van der Waals surface area contributed by atoms with Crippen molar-refractivity contribution in [3.8, 4) is 0 Å². The summed E-state index contributed by atoms with van der Waals surface area (Å²) in [4.78, 5) is 19.3. The van der Waals surface area contributed by atoms with Crippen LogP contribution in [-0.2, 0) is 6.54 Å². The molecular weight excluding hydrogens is 302 g/mol. The Morgan fingerprint density at radius 2 is 1.96 bits per heavy atom. The van der Waals surface area contributed by atoms with Crippen LogP contribution in [0.4, 0.5) is 0 Å². The largest absolute Gasteiger partial charge is 0.391 e. The summed E-state index contributed by atoms with van der Waals surface area (Å²) < 4.78 is 0. The Morgan fingerprint density at radius 3 is 2.67 bits per heavy atom. The van der Waals surface area contributed by atoms with Crippen LogP contribution in [0.25, 0.3) is 0 Å². The van der Waals surface area contributed by atoms with Gasteiger partial charge in [0.05, 0.1) is 6.10 Å². The third-order valence-corrected chi connectivity index (χ3v) is 5.38. The van der Waals surface area contributed by atoms with Gasteiger partial charge in [-0.15, -0.1) is 0 Å². The monoisotopic (exact) mass is 331 g/mol. The first-order valence-electron chi connectivity index (χ1n) is 9.00. The summed E-state index contributed by atoms with van der Waals surface area (Å²) in [5, 5.41) is 10.0. The number of nitrogens with zero attached hydrogens (tertiary/aromatic N) is 3. The van der Waals surface area contributed by atoms with Gasteiger partial charge in [-0.05, 0) is 37.1 Å². The Bertz CT molecular complexity index is 569. The van der Waals surface area contributed by atoms with Gasteiger partial charge in [0.2, 0.25) is 0 Å². The smallest absolute Gasteiger partial charge is 0.253 e. The molecular formula is C19H29N3O2. The molecule has 24 heavy (non-hydrogen) atoms. The van der Waals surface area contributed by atoms with Crippen molar-refractivity contribution in [1.82, 2.24) is 14.7 Å². The molecule has 5 nitrogen and oxygen atoms in total. The number of piperidine rings is 1. The Kier molecular flexibility index (Phi) is 5.54. The molecule has 0 radical (unpaired) electrons. The van der Waals surface area contributed by atoms with E-state index in [9.17, 15) is 9.90 Å². The molecule has 2 saturated heterocycles. The quantitative estimate of drug-likeness (QED) is 0.906. The average molecular weight is 331 g/mol. The summed E-state index contributed by atoms with van der Waals surface area (Å²) >= 11 is 0. The minimum absolute atomic E-state index is 0.0428. The number of hydrogen-bond acceptors (Lipinski definition) is 4. The average Bonchev–Trinajstić information content (AvgIpc) is 2.59. The Balaban J connectivity index is 1.63. The second-order valence-electron chi connectivity index (χ2n) is 7.36. The van der Waals surface area contributed by atoms with Crippen LogP contribution in [0.5, 0.6) is 0 Å². The summed E-state index contributed by atoms with van der Waals surface area (Å²) in [6, 6.07) is 7.98. The summed E-state index contributed by atoms with van der Waals surface area (Å²) in [6.45, 7) is 8.47. The van der Waals surface area contributed by atoms with Crippen LogP contribution in [0.3, 0.4) is 0 Å². The molecule has 1 aromatic rings. The van der Waals surface area contributed by atoms with Gasteiger partial charge in [0.15, 0.2) is 0 Å². The van der Waals surface area contributed by atoms with Crippen molar-refractivity contribution in [1.29, 1.82) is 0 Å². The van der Waals surface area contributed by atoms with Crippen molar-refractivity contribution in [3.05, 3.63) is 35.4 Å². The second kappa shape index (κ2) is 7.64. The van der Waals surface area contributed by atoms with E-state index in [-0.39, 0.29) is 11.8 Å². The molecule has 0 saturated carbocycles. The highest BCUT2D eigenvalue weighted by atomic mass is 16.3. The first-order chi connectivity index (χ1) is 11.5. The molecule has 0 aliphatic carbocycles. The maximum Gasteiger partial charge on any atom is 0.253 e. The maximum atomic E-state index is 12.7. The van der Waals surface area contributed by atoms with Gasteiger partial charge in [0.25, 0.3) is 5.91 Å². The van der Waals surface area contributed by atoms with Crippen LogP contribution in [0.2, 0.25) is 0 Å². The van der Waals surface area contributed by atoms with Crippen LogP contribution in [0.15, 0.2) is 24.3 Å². The fourth-order valence-electron chi connectivity index (χ4n) is 3.48. The lowest BCUT2D eigenvalue weighted by molar-refractivity contribution is 0.0248. The molecule has 1 aromatic carbocycles. The number of likely N-dealkylation sites (N-methyl/N-ethyl adjacent to an activating group) is 1. The van der Waals surface area contributed by atoms with E-state index in [1.807, 2.05) is 25.1 Å². The molecule has 0 aromatic heterocycles. The van der Waals surface area contributed by atoms with Crippen molar-refractivity contribution in [2.24, 2.45) is 5.92 Å². The topological polar surface area (TPSA) is 47.0 Å². The van der Waals surface area contributed by atoms with Crippen molar-refractivity contribution in [2.45, 2.75) is 26.0 Å². The van der Waals surface area contributed by atoms with E-state index in [2.05, 4.69) is 22.9 Å². The first-order valence-corrected chi connectivity index (χ1v) is 9.00. The van der Waals surface area contributed by atoms with Gasteiger partial charge in [-0.1, -0.05) is 19.1 Å². The van der Waals surface area contributed by atoms with Gasteiger partial charge in [0, 0.05) is 51.4 Å². The number of carbonyl (C=O) groups excluding carboxylic acids is 1. The normalized spacial score (nSPS) is 26.5. The zero-order chi connectivity index (χ0) is 17.1. The zero-order valence-corrected chi connectivity index (χ0v) is 14.8. The number of rotatable bonds is 3. The van der Waals surface area contributed by atoms with E-state index >= 15 is 0 Å². The molecule has 5 heteroatoms. The molecule has 0 spiro atoms. The van der Waals surface area contributed by atoms with Crippen molar-refractivity contribution in [2.75, 3.05) is 46.3 Å². The molecule has 2 fully saturated rings. The number of amides is 1. The van der Waals surface area contributed by atoms with Gasteiger partial charge in [-0.2, -0.15) is 0 Å². The number of aliphatic hydroxyl groups excluding tert-OH is 1. The predicted octanol–water partition coefficient (Wildman–Crippen LogP) is 1.28. The van der Waals surface area contributed by atoms with Crippen LogP contribution in [0, 0.1) is 5.92 Å². The number of hydrogen-bond donors (Lipinski definition) is 1. The van der Waals surface area contributed by atoms with Gasteiger partial charge >= 0.3 is 0 Å². The summed E-state index contributed by atoms with van der Waals surface area (Å²) in [7, 11) is 2.16. The van der Waals surface area contributed by atoms with Crippen molar-refractivity contribution >= 4 is 5.91 Å². The molecule has 2 heterocycles. The van der Waals surface area contributed by atoms with E-state index in [0.29, 0.717) is 6.54 Å². The number of piperazine rings is 1. The minimum atomic E-state index is -0.406. The first kappa shape index (κ1) is 17.4. The van der Waals surface area contributed by atoms with E-state index < -0.39 is 6.10 Å². The number of β-amino-alcohol motifs (C(OH)–C–C–N with tert-alkyl or cyclic N) is 1. The van der Waals surface area contributed by atoms with E-state index in [1.54, 1.807) is 4.90 Å². The summed E-state index contributed by atoms with van der Waals surface area (Å²) in [6.07, 6.45) is 0.463. The fraction of sp³-hybridized carbons (Fsp3) is 0.632. The van der Waals surface area contributed by atoms with Crippen LogP contribution < -0.4 is 0 Å². The number of carbonyl (C=O) groups is 1. The fourth-order valence-corrected chi connectivity index (χ4v) is 3.48. The number of likely N-dealkylation sites (tertiary alicyclic amines) is 1. The molecule has 1 amide bonds. The highest BCUT2D eigenvalue weighted by molar-refractivity contribution is 5.94. The van der Waals surface area contributed by atoms with Crippen molar-refractivity contribution in [3.63, 3.8) is 0 Å². The van der Waals surface area contributed by atoms with E-state index in [1.165, 1.54) is 5.56 Å². The Labute approximate surface area is 144 Å². The van der Waals surface area contributed by atoms with Crippen LogP contribution in [0.1, 0.15) is 29.3 Å². The third kappa shape index (κ3) is 4.15. The Morgan fingerprint density at radius 1 is 1.21 bits per heavy atom. The lowest BCUT2D eigenvalue weighted by atomic mass is 9.95. The molecule has 2 aliphatic heterocycles. The van der Waals surface area contributed by atoms with E-state index in [0.717, 1.165) is 51.3 Å². The van der Waals surface area contributed by atoms with Gasteiger partial charge < -0.3 is 14.9 Å². The van der Waals surface area contributed by atoms with Gasteiger partial charge in [0.1, 0.15) is 0 Å². The zero-order valence-electron chi connectivity index (χ0n) is 14.8. The molecule has 0 bridgehead atoms. The maximum absolute atomic E-state index is 12.7. The molecule has 2 unspecified atom stereocenters. The van der Waals surface area contributed by atoms with Gasteiger partial charge in [-0.25, -0.2) is 0 Å². The molecule has 1 N–H and O–H groups in total. The number of benzene rings is 1. The van der Waals surface area contributed by atoms with Gasteiger partial charge in [-0.3, -0.25) is 9.69 Å². The summed E-state index contributed by atoms with van der Waals surface area (Å²) in [5.41, 5.74) is 1.93. The third-order valence-electron chi connectivity index (χ3n) is 5.38. The predicted molar refractivity (Wildman–Crippen MR) is 94.9 cm³/mol. The lowest BCUT2D eigenvalue weighted by Crippen LogP contribution is -2.45. The minimum Gasteiger partial charge on any atom is -0.391 e. The highest BCUT2D eigenvalue weighted by Crippen LogP contribution is 2.20. The standard InChI is InChI=1S/C19H29N3O2/c1-15-6-7-22(14-18(15)23)19(24)17-5-3-4-16(12-17)13-21-10-8-20(2)9-11-21/h3-5,12,15,18,23H,6-11,13-14H2,1-2H3. The molecule has 2 atom stereocenters. The number of aliphatic hydroxyl groups is 1. The highest BCUT2D eigenvalue weighted by Gasteiger charge is 2.28.